The third-order valence-corrected chi connectivity index (χ3v) is 5.44. The van der Waals surface area contributed by atoms with E-state index in [4.69, 9.17) is 14.5 Å². The standard InChI is InChI=1S/C24H27N5O3/c1-16-19(14-25-24(26-16)28(2)3)23(30)29-12-13-32-22(15-29)21-7-5-6-20(27-21)17-8-10-18(31-4)11-9-17/h5-11,14,22H,12-13,15H2,1-4H3/t22-/m0/s1. The quantitative estimate of drug-likeness (QED) is 0.611. The average Bonchev–Trinajstić information content (AvgIpc) is 2.83. The van der Waals surface area contributed by atoms with Crippen LogP contribution in [-0.2, 0) is 4.74 Å². The normalized spacial score (nSPS) is 16.0. The Morgan fingerprint density at radius 1 is 1.16 bits per heavy atom. The van der Waals surface area contributed by atoms with Gasteiger partial charge in [0.05, 0.1) is 42.9 Å². The largest absolute Gasteiger partial charge is 0.497 e. The van der Waals surface area contributed by atoms with Crippen LogP contribution < -0.4 is 9.64 Å². The number of morpholine rings is 1. The lowest BCUT2D eigenvalue weighted by molar-refractivity contribution is -0.0247. The summed E-state index contributed by atoms with van der Waals surface area (Å²) in [5.41, 5.74) is 3.81. The zero-order valence-electron chi connectivity index (χ0n) is 18.8. The smallest absolute Gasteiger partial charge is 0.257 e. The molecule has 0 N–H and O–H groups in total. The molecule has 2 aromatic heterocycles. The Balaban J connectivity index is 1.52. The van der Waals surface area contributed by atoms with Gasteiger partial charge in [0.15, 0.2) is 0 Å². The summed E-state index contributed by atoms with van der Waals surface area (Å²) < 4.78 is 11.2. The van der Waals surface area contributed by atoms with Crippen molar-refractivity contribution in [2.75, 3.05) is 45.8 Å². The van der Waals surface area contributed by atoms with Crippen molar-refractivity contribution >= 4 is 11.9 Å². The first-order valence-corrected chi connectivity index (χ1v) is 10.5. The van der Waals surface area contributed by atoms with E-state index in [-0.39, 0.29) is 12.0 Å². The molecule has 1 aliphatic heterocycles. The number of nitrogens with zero attached hydrogens (tertiary/aromatic N) is 5. The van der Waals surface area contributed by atoms with E-state index >= 15 is 0 Å². The lowest BCUT2D eigenvalue weighted by Crippen LogP contribution is -2.42. The molecule has 0 unspecified atom stereocenters. The van der Waals surface area contributed by atoms with Crippen LogP contribution in [0.25, 0.3) is 11.3 Å². The van der Waals surface area contributed by atoms with Crippen molar-refractivity contribution in [1.82, 2.24) is 19.9 Å². The van der Waals surface area contributed by atoms with Crippen LogP contribution in [0.15, 0.2) is 48.7 Å². The summed E-state index contributed by atoms with van der Waals surface area (Å²) in [7, 11) is 5.39. The second-order valence-corrected chi connectivity index (χ2v) is 7.85. The number of ether oxygens (including phenoxy) is 2. The predicted molar refractivity (Wildman–Crippen MR) is 122 cm³/mol. The number of pyridine rings is 1. The molecule has 8 heteroatoms. The number of carbonyl (C=O) groups excluding carboxylic acids is 1. The molecule has 166 valence electrons. The van der Waals surface area contributed by atoms with Crippen LogP contribution in [0.3, 0.4) is 0 Å². The summed E-state index contributed by atoms with van der Waals surface area (Å²) in [6.45, 7) is 3.22. The first-order valence-electron chi connectivity index (χ1n) is 10.5. The van der Waals surface area contributed by atoms with E-state index in [1.165, 1.54) is 0 Å². The highest BCUT2D eigenvalue weighted by Crippen LogP contribution is 2.26. The summed E-state index contributed by atoms with van der Waals surface area (Å²) in [6.07, 6.45) is 1.31. The van der Waals surface area contributed by atoms with Crippen LogP contribution >= 0.6 is 0 Å². The van der Waals surface area contributed by atoms with Gasteiger partial charge in [0.1, 0.15) is 11.9 Å². The monoisotopic (exact) mass is 433 g/mol. The number of anilines is 1. The van der Waals surface area contributed by atoms with E-state index < -0.39 is 0 Å². The summed E-state index contributed by atoms with van der Waals surface area (Å²) >= 11 is 0. The molecule has 8 nitrogen and oxygen atoms in total. The van der Waals surface area contributed by atoms with Crippen molar-refractivity contribution in [3.05, 3.63) is 65.6 Å². The fourth-order valence-electron chi connectivity index (χ4n) is 3.62. The first kappa shape index (κ1) is 21.7. The molecule has 0 aliphatic carbocycles. The van der Waals surface area contributed by atoms with E-state index in [1.807, 2.05) is 68.4 Å². The minimum Gasteiger partial charge on any atom is -0.497 e. The Bertz CT molecular complexity index is 1100. The minimum absolute atomic E-state index is 0.0904. The SMILES string of the molecule is COc1ccc(-c2cccc([C@@H]3CN(C(=O)c4cnc(N(C)C)nc4C)CCO3)n2)cc1. The molecular formula is C24H27N5O3. The van der Waals surface area contributed by atoms with E-state index in [0.717, 1.165) is 22.7 Å². The lowest BCUT2D eigenvalue weighted by atomic mass is 10.1. The molecule has 1 amide bonds. The minimum atomic E-state index is -0.298. The van der Waals surface area contributed by atoms with Gasteiger partial charge in [-0.2, -0.15) is 0 Å². The van der Waals surface area contributed by atoms with Crippen LogP contribution in [0.2, 0.25) is 0 Å². The second-order valence-electron chi connectivity index (χ2n) is 7.85. The van der Waals surface area contributed by atoms with Crippen molar-refractivity contribution in [3.63, 3.8) is 0 Å². The first-order chi connectivity index (χ1) is 15.5. The molecule has 1 aromatic carbocycles. The molecular weight excluding hydrogens is 406 g/mol. The Labute approximate surface area is 187 Å². The van der Waals surface area contributed by atoms with Crippen molar-refractivity contribution < 1.29 is 14.3 Å². The van der Waals surface area contributed by atoms with Gasteiger partial charge in [-0.1, -0.05) is 6.07 Å². The topological polar surface area (TPSA) is 80.7 Å². The molecule has 0 bridgehead atoms. The maximum Gasteiger partial charge on any atom is 0.257 e. The van der Waals surface area contributed by atoms with Gasteiger partial charge < -0.3 is 19.3 Å². The van der Waals surface area contributed by atoms with Gasteiger partial charge in [-0.15, -0.1) is 0 Å². The number of hydrogen-bond acceptors (Lipinski definition) is 7. The highest BCUT2D eigenvalue weighted by atomic mass is 16.5. The van der Waals surface area contributed by atoms with Crippen LogP contribution in [0.1, 0.15) is 27.8 Å². The third-order valence-electron chi connectivity index (χ3n) is 5.44. The van der Waals surface area contributed by atoms with E-state index in [9.17, 15) is 4.79 Å². The third kappa shape index (κ3) is 4.55. The van der Waals surface area contributed by atoms with Crippen LogP contribution in [0.5, 0.6) is 5.75 Å². The number of rotatable bonds is 5. The van der Waals surface area contributed by atoms with Crippen LogP contribution in [0, 0.1) is 6.92 Å². The molecule has 1 fully saturated rings. The average molecular weight is 434 g/mol. The number of carbonyl (C=O) groups is 1. The molecule has 0 saturated carbocycles. The Hall–Kier alpha value is -3.52. The van der Waals surface area contributed by atoms with Gasteiger partial charge in [0, 0.05) is 32.4 Å². The zero-order valence-corrected chi connectivity index (χ0v) is 18.8. The molecule has 1 saturated heterocycles. The van der Waals surface area contributed by atoms with E-state index in [1.54, 1.807) is 18.2 Å². The molecule has 0 spiro atoms. The zero-order chi connectivity index (χ0) is 22.7. The van der Waals surface area contributed by atoms with Crippen molar-refractivity contribution in [2.45, 2.75) is 13.0 Å². The van der Waals surface area contributed by atoms with Gasteiger partial charge >= 0.3 is 0 Å². The van der Waals surface area contributed by atoms with Gasteiger partial charge in [0.2, 0.25) is 5.95 Å². The lowest BCUT2D eigenvalue weighted by Gasteiger charge is -2.33. The molecule has 0 radical (unpaired) electrons. The molecule has 4 rings (SSSR count). The van der Waals surface area contributed by atoms with Gasteiger partial charge in [-0.05, 0) is 43.3 Å². The number of benzene rings is 1. The fourth-order valence-corrected chi connectivity index (χ4v) is 3.62. The van der Waals surface area contributed by atoms with Crippen LogP contribution in [-0.4, -0.2) is 66.7 Å². The van der Waals surface area contributed by atoms with Gasteiger partial charge in [0.25, 0.3) is 5.91 Å². The summed E-state index contributed by atoms with van der Waals surface area (Å²) in [5, 5.41) is 0. The molecule has 3 aromatic rings. The summed E-state index contributed by atoms with van der Waals surface area (Å²) in [6, 6.07) is 13.6. The highest BCUT2D eigenvalue weighted by molar-refractivity contribution is 5.95. The second kappa shape index (κ2) is 9.32. The van der Waals surface area contributed by atoms with E-state index in [0.29, 0.717) is 36.9 Å². The van der Waals surface area contributed by atoms with Gasteiger partial charge in [-0.3, -0.25) is 4.79 Å². The molecule has 32 heavy (non-hydrogen) atoms. The molecule has 1 atom stereocenters. The number of aromatic nitrogens is 3. The maximum absolute atomic E-state index is 13.2. The van der Waals surface area contributed by atoms with Crippen molar-refractivity contribution in [1.29, 1.82) is 0 Å². The highest BCUT2D eigenvalue weighted by Gasteiger charge is 2.28. The van der Waals surface area contributed by atoms with E-state index in [2.05, 4.69) is 9.97 Å². The molecule has 3 heterocycles. The number of hydrogen-bond donors (Lipinski definition) is 0. The van der Waals surface area contributed by atoms with Gasteiger partial charge in [-0.25, -0.2) is 15.0 Å². The number of methoxy groups -OCH3 is 1. The maximum atomic E-state index is 13.2. The number of aryl methyl sites for hydroxylation is 1. The van der Waals surface area contributed by atoms with Crippen molar-refractivity contribution in [3.8, 4) is 17.0 Å². The Morgan fingerprint density at radius 2 is 1.94 bits per heavy atom. The number of amides is 1. The van der Waals surface area contributed by atoms with Crippen molar-refractivity contribution in [2.24, 2.45) is 0 Å². The summed E-state index contributed by atoms with van der Waals surface area (Å²) in [5.74, 6) is 1.29. The fraction of sp³-hybridized carbons (Fsp3) is 0.333. The predicted octanol–water partition coefficient (Wildman–Crippen LogP) is 3.14. The molecule has 1 aliphatic rings. The Morgan fingerprint density at radius 3 is 2.62 bits per heavy atom. The van der Waals surface area contributed by atoms with Crippen LogP contribution in [0.4, 0.5) is 5.95 Å². The summed E-state index contributed by atoms with van der Waals surface area (Å²) in [4.78, 5) is 30.3. The Kier molecular flexibility index (Phi) is 6.32.